The van der Waals surface area contributed by atoms with Crippen molar-refractivity contribution in [3.8, 4) is 0 Å². The van der Waals surface area contributed by atoms with Gasteiger partial charge >= 0.3 is 12.1 Å². The van der Waals surface area contributed by atoms with Gasteiger partial charge < -0.3 is 15.2 Å². The Morgan fingerprint density at radius 2 is 2.11 bits per heavy atom. The third-order valence-electron chi connectivity index (χ3n) is 2.34. The van der Waals surface area contributed by atoms with Gasteiger partial charge in [-0.2, -0.15) is 0 Å². The van der Waals surface area contributed by atoms with Crippen molar-refractivity contribution in [3.63, 3.8) is 0 Å². The molecule has 1 rings (SSSR count). The van der Waals surface area contributed by atoms with Crippen molar-refractivity contribution >= 4 is 23.4 Å². The van der Waals surface area contributed by atoms with Gasteiger partial charge in [-0.3, -0.25) is 0 Å². The molecule has 0 aliphatic heterocycles. The van der Waals surface area contributed by atoms with Crippen molar-refractivity contribution in [1.29, 1.82) is 0 Å². The minimum Gasteiger partial charge on any atom is -0.478 e. The van der Waals surface area contributed by atoms with Crippen molar-refractivity contribution in [2.75, 3.05) is 6.61 Å². The highest BCUT2D eigenvalue weighted by atomic mass is 32.1. The fraction of sp³-hybridized carbons (Fsp3) is 0.333. The van der Waals surface area contributed by atoms with Crippen molar-refractivity contribution in [1.82, 2.24) is 5.32 Å². The van der Waals surface area contributed by atoms with Gasteiger partial charge in [-0.05, 0) is 19.4 Å². The molecule has 1 heterocycles. The van der Waals surface area contributed by atoms with Crippen molar-refractivity contribution in [3.05, 3.63) is 33.5 Å². The van der Waals surface area contributed by atoms with Crippen LogP contribution in [0.5, 0.6) is 0 Å². The molecule has 2 N–H and O–H groups in total. The lowest BCUT2D eigenvalue weighted by atomic mass is 10.1. The highest BCUT2D eigenvalue weighted by Crippen LogP contribution is 2.27. The molecule has 0 bridgehead atoms. The molecule has 6 heteroatoms. The molecule has 0 saturated carbocycles. The van der Waals surface area contributed by atoms with E-state index in [2.05, 4.69) is 11.9 Å². The van der Waals surface area contributed by atoms with Gasteiger partial charge in [-0.15, -0.1) is 11.3 Å². The molecular weight excluding hydrogens is 254 g/mol. The zero-order valence-corrected chi connectivity index (χ0v) is 11.1. The molecule has 0 saturated heterocycles. The van der Waals surface area contributed by atoms with Crippen LogP contribution in [0.3, 0.4) is 0 Å². The quantitative estimate of drug-likeness (QED) is 0.805. The lowest BCUT2D eigenvalue weighted by Crippen LogP contribution is -2.24. The molecule has 0 radical (unpaired) electrons. The van der Waals surface area contributed by atoms with Crippen LogP contribution in [-0.2, 0) is 11.3 Å². The molecule has 1 aromatic heterocycles. The van der Waals surface area contributed by atoms with Crippen molar-refractivity contribution in [2.24, 2.45) is 0 Å². The standard InChI is InChI=1S/C12H15NO4S/c1-4-5-17-12(16)13-6-9-7(2)18-8(3)10(9)11(14)15/h4H,1,5-6H2,2-3H3,(H,13,16)(H,14,15). The summed E-state index contributed by atoms with van der Waals surface area (Å²) in [5.74, 6) is -0.979. The summed E-state index contributed by atoms with van der Waals surface area (Å²) in [5, 5.41) is 11.6. The smallest absolute Gasteiger partial charge is 0.407 e. The van der Waals surface area contributed by atoms with E-state index in [9.17, 15) is 9.59 Å². The van der Waals surface area contributed by atoms with Crippen LogP contribution >= 0.6 is 11.3 Å². The van der Waals surface area contributed by atoms with E-state index in [0.29, 0.717) is 5.56 Å². The first-order valence-electron chi connectivity index (χ1n) is 5.31. The highest BCUT2D eigenvalue weighted by molar-refractivity contribution is 7.12. The van der Waals surface area contributed by atoms with E-state index in [1.54, 1.807) is 6.92 Å². The summed E-state index contributed by atoms with van der Waals surface area (Å²) in [6, 6.07) is 0. The van der Waals surface area contributed by atoms with Crippen LogP contribution in [0.1, 0.15) is 25.7 Å². The van der Waals surface area contributed by atoms with Crippen LogP contribution in [-0.4, -0.2) is 23.8 Å². The van der Waals surface area contributed by atoms with Crippen LogP contribution in [0.25, 0.3) is 0 Å². The summed E-state index contributed by atoms with van der Waals surface area (Å²) in [5.41, 5.74) is 0.891. The monoisotopic (exact) mass is 269 g/mol. The van der Waals surface area contributed by atoms with Crippen LogP contribution in [0.2, 0.25) is 0 Å². The fourth-order valence-electron chi connectivity index (χ4n) is 1.57. The Kier molecular flexibility index (Phi) is 4.91. The van der Waals surface area contributed by atoms with E-state index in [0.717, 1.165) is 9.75 Å². The van der Waals surface area contributed by atoms with E-state index >= 15 is 0 Å². The molecule has 18 heavy (non-hydrogen) atoms. The second-order valence-corrected chi connectivity index (χ2v) is 5.04. The van der Waals surface area contributed by atoms with Crippen LogP contribution in [0.4, 0.5) is 4.79 Å². The second-order valence-electron chi connectivity index (χ2n) is 3.61. The lowest BCUT2D eigenvalue weighted by Gasteiger charge is -2.06. The summed E-state index contributed by atoms with van der Waals surface area (Å²) in [4.78, 5) is 24.0. The van der Waals surface area contributed by atoms with Gasteiger partial charge in [-0.25, -0.2) is 9.59 Å². The largest absolute Gasteiger partial charge is 0.478 e. The van der Waals surface area contributed by atoms with Gasteiger partial charge in [0.1, 0.15) is 6.61 Å². The number of hydrogen-bond acceptors (Lipinski definition) is 4. The Labute approximate surface area is 109 Å². The third kappa shape index (κ3) is 3.33. The summed E-state index contributed by atoms with van der Waals surface area (Å²) in [7, 11) is 0. The van der Waals surface area contributed by atoms with Crippen LogP contribution in [0, 0.1) is 13.8 Å². The molecule has 0 fully saturated rings. The van der Waals surface area contributed by atoms with E-state index in [1.165, 1.54) is 17.4 Å². The first-order chi connectivity index (χ1) is 8.47. The van der Waals surface area contributed by atoms with E-state index in [1.807, 2.05) is 6.92 Å². The molecule has 0 aliphatic carbocycles. The molecule has 0 spiro atoms. The number of carbonyl (C=O) groups is 2. The van der Waals surface area contributed by atoms with E-state index in [4.69, 9.17) is 9.84 Å². The normalized spacial score (nSPS) is 9.89. The van der Waals surface area contributed by atoms with Gasteiger partial charge in [0, 0.05) is 16.3 Å². The first-order valence-corrected chi connectivity index (χ1v) is 6.12. The summed E-state index contributed by atoms with van der Waals surface area (Å²) < 4.78 is 4.75. The minimum atomic E-state index is -0.979. The second kappa shape index (κ2) is 6.20. The molecule has 1 aromatic rings. The molecule has 1 amide bonds. The number of aryl methyl sites for hydroxylation is 2. The Bertz CT molecular complexity index is 479. The van der Waals surface area contributed by atoms with Crippen LogP contribution in [0.15, 0.2) is 12.7 Å². The predicted molar refractivity (Wildman–Crippen MR) is 69.1 cm³/mol. The van der Waals surface area contributed by atoms with Gasteiger partial charge in [-0.1, -0.05) is 12.7 Å². The van der Waals surface area contributed by atoms with Gasteiger partial charge in [0.15, 0.2) is 0 Å². The maximum absolute atomic E-state index is 11.2. The number of carbonyl (C=O) groups excluding carboxylic acids is 1. The Morgan fingerprint density at radius 3 is 2.67 bits per heavy atom. The third-order valence-corrected chi connectivity index (χ3v) is 3.40. The topological polar surface area (TPSA) is 75.6 Å². The highest BCUT2D eigenvalue weighted by Gasteiger charge is 2.19. The SMILES string of the molecule is C=CCOC(=O)NCc1c(C)sc(C)c1C(=O)O. The number of carboxylic acid groups (broad SMARTS) is 1. The zero-order chi connectivity index (χ0) is 13.7. The molecule has 98 valence electrons. The number of hydrogen-bond donors (Lipinski definition) is 2. The summed E-state index contributed by atoms with van der Waals surface area (Å²) >= 11 is 1.40. The number of carboxylic acids is 1. The summed E-state index contributed by atoms with van der Waals surface area (Å²) in [6.45, 7) is 7.28. The number of amides is 1. The predicted octanol–water partition coefficient (Wildman–Crippen LogP) is 2.48. The number of rotatable bonds is 5. The molecule has 0 aromatic carbocycles. The first kappa shape index (κ1) is 14.2. The molecule has 0 aliphatic rings. The lowest BCUT2D eigenvalue weighted by molar-refractivity contribution is 0.0695. The summed E-state index contributed by atoms with van der Waals surface area (Å²) in [6.07, 6.45) is 0.872. The maximum Gasteiger partial charge on any atom is 0.407 e. The number of nitrogens with one attached hydrogen (secondary N) is 1. The van der Waals surface area contributed by atoms with Crippen molar-refractivity contribution in [2.45, 2.75) is 20.4 Å². The number of alkyl carbamates (subject to hydrolysis) is 1. The average Bonchev–Trinajstić information content (AvgIpc) is 2.58. The molecule has 0 unspecified atom stereocenters. The number of thiophene rings is 1. The number of ether oxygens (including phenoxy) is 1. The van der Waals surface area contributed by atoms with Gasteiger partial charge in [0.2, 0.25) is 0 Å². The Balaban J connectivity index is 2.75. The molecule has 0 atom stereocenters. The molecule has 5 nitrogen and oxygen atoms in total. The molecular formula is C12H15NO4S. The minimum absolute atomic E-state index is 0.124. The van der Waals surface area contributed by atoms with Crippen molar-refractivity contribution < 1.29 is 19.4 Å². The van der Waals surface area contributed by atoms with Gasteiger partial charge in [0.05, 0.1) is 5.56 Å². The van der Waals surface area contributed by atoms with E-state index in [-0.39, 0.29) is 18.7 Å². The van der Waals surface area contributed by atoms with Gasteiger partial charge in [0.25, 0.3) is 0 Å². The maximum atomic E-state index is 11.2. The van der Waals surface area contributed by atoms with E-state index < -0.39 is 12.1 Å². The number of aromatic carboxylic acids is 1. The Hall–Kier alpha value is -1.82. The fourth-order valence-corrected chi connectivity index (χ4v) is 2.64. The Morgan fingerprint density at radius 1 is 1.44 bits per heavy atom. The zero-order valence-electron chi connectivity index (χ0n) is 10.3. The average molecular weight is 269 g/mol. The van der Waals surface area contributed by atoms with Crippen LogP contribution < -0.4 is 5.32 Å².